The van der Waals surface area contributed by atoms with Gasteiger partial charge in [0.05, 0.1) is 14.2 Å². The van der Waals surface area contributed by atoms with Crippen molar-refractivity contribution in [2.75, 3.05) is 20.8 Å². The summed E-state index contributed by atoms with van der Waals surface area (Å²) in [5.74, 6) is 2.39. The van der Waals surface area contributed by atoms with Gasteiger partial charge in [-0.1, -0.05) is 30.3 Å². The molecule has 34 heavy (non-hydrogen) atoms. The summed E-state index contributed by atoms with van der Waals surface area (Å²) in [7, 11) is 3.21. The first-order valence-corrected chi connectivity index (χ1v) is 11.3. The lowest BCUT2D eigenvalue weighted by Crippen LogP contribution is -2.26. The summed E-state index contributed by atoms with van der Waals surface area (Å²) < 4.78 is 12.5. The molecule has 8 nitrogen and oxygen atoms in total. The van der Waals surface area contributed by atoms with Crippen LogP contribution >= 0.6 is 0 Å². The number of ether oxygens (including phenoxy) is 2. The number of nitrogens with one attached hydrogen (secondary N) is 1. The van der Waals surface area contributed by atoms with E-state index in [4.69, 9.17) is 9.47 Å². The van der Waals surface area contributed by atoms with Crippen LogP contribution in [0.3, 0.4) is 0 Å². The number of benzene rings is 2. The second kappa shape index (κ2) is 10.3. The number of hydrogen-bond donors (Lipinski definition) is 1. The normalized spacial score (nSPS) is 10.9. The quantitative estimate of drug-likeness (QED) is 0.410. The Morgan fingerprint density at radius 3 is 2.35 bits per heavy atom. The van der Waals surface area contributed by atoms with Crippen molar-refractivity contribution in [2.45, 2.75) is 33.1 Å². The molecule has 0 aliphatic rings. The number of methoxy groups -OCH3 is 2. The minimum atomic E-state index is 0.0255. The van der Waals surface area contributed by atoms with Crippen molar-refractivity contribution in [1.82, 2.24) is 24.9 Å². The molecule has 2 aromatic heterocycles. The maximum Gasteiger partial charge on any atom is 0.253 e. The maximum atomic E-state index is 12.4. The highest BCUT2D eigenvalue weighted by Gasteiger charge is 2.16. The Morgan fingerprint density at radius 2 is 1.68 bits per heavy atom. The van der Waals surface area contributed by atoms with Crippen LogP contribution in [0.15, 0.2) is 48.5 Å². The van der Waals surface area contributed by atoms with Gasteiger partial charge in [-0.2, -0.15) is 4.98 Å². The van der Waals surface area contributed by atoms with Gasteiger partial charge in [0.15, 0.2) is 5.82 Å². The average Bonchev–Trinajstić information content (AvgIpc) is 3.28. The van der Waals surface area contributed by atoms with Crippen molar-refractivity contribution in [1.29, 1.82) is 0 Å². The molecule has 0 aliphatic carbocycles. The molecule has 4 rings (SSSR count). The van der Waals surface area contributed by atoms with Crippen molar-refractivity contribution in [3.63, 3.8) is 0 Å². The molecule has 0 unspecified atom stereocenters. The smallest absolute Gasteiger partial charge is 0.253 e. The Labute approximate surface area is 199 Å². The Balaban J connectivity index is 1.48. The van der Waals surface area contributed by atoms with Crippen LogP contribution in [0.4, 0.5) is 0 Å². The molecule has 176 valence electrons. The molecule has 4 aromatic rings. The molecule has 0 radical (unpaired) electrons. The monoisotopic (exact) mass is 459 g/mol. The first kappa shape index (κ1) is 23.2. The standard InChI is InChI=1S/C26H29N5O3/c1-17-23(10-11-24(32)27-13-12-19-8-6-5-7-9-19)18(2)31-26(28-17)29-25(30-31)20-14-21(33-3)16-22(15-20)34-4/h5-9,14-16H,10-13H2,1-4H3,(H,27,32). The molecule has 1 amide bonds. The fourth-order valence-electron chi connectivity index (χ4n) is 3.95. The number of rotatable bonds is 9. The molecule has 0 fully saturated rings. The second-order valence-corrected chi connectivity index (χ2v) is 8.10. The Bertz CT molecular complexity index is 1280. The summed E-state index contributed by atoms with van der Waals surface area (Å²) in [6.45, 7) is 4.54. The molecule has 2 heterocycles. The zero-order chi connectivity index (χ0) is 24.1. The van der Waals surface area contributed by atoms with Gasteiger partial charge in [-0.15, -0.1) is 5.10 Å². The number of aryl methyl sites for hydroxylation is 2. The third kappa shape index (κ3) is 5.17. The minimum absolute atomic E-state index is 0.0255. The lowest BCUT2D eigenvalue weighted by Gasteiger charge is -2.10. The van der Waals surface area contributed by atoms with E-state index in [0.29, 0.717) is 42.5 Å². The molecule has 8 heteroatoms. The van der Waals surface area contributed by atoms with E-state index in [-0.39, 0.29) is 5.91 Å². The van der Waals surface area contributed by atoms with Gasteiger partial charge in [0.1, 0.15) is 11.5 Å². The highest BCUT2D eigenvalue weighted by Crippen LogP contribution is 2.28. The van der Waals surface area contributed by atoms with E-state index < -0.39 is 0 Å². The van der Waals surface area contributed by atoms with Gasteiger partial charge in [0.25, 0.3) is 5.78 Å². The lowest BCUT2D eigenvalue weighted by molar-refractivity contribution is -0.121. The zero-order valence-electron chi connectivity index (χ0n) is 20.0. The topological polar surface area (TPSA) is 90.6 Å². The van der Waals surface area contributed by atoms with E-state index in [9.17, 15) is 4.79 Å². The highest BCUT2D eigenvalue weighted by atomic mass is 16.5. The largest absolute Gasteiger partial charge is 0.497 e. The molecular formula is C26H29N5O3. The number of nitrogens with zero attached hydrogens (tertiary/aromatic N) is 4. The van der Waals surface area contributed by atoms with E-state index in [2.05, 4.69) is 32.5 Å². The predicted molar refractivity (Wildman–Crippen MR) is 130 cm³/mol. The Morgan fingerprint density at radius 1 is 0.971 bits per heavy atom. The van der Waals surface area contributed by atoms with Gasteiger partial charge >= 0.3 is 0 Å². The fourth-order valence-corrected chi connectivity index (χ4v) is 3.95. The number of aromatic nitrogens is 4. The molecule has 0 saturated heterocycles. The first-order chi connectivity index (χ1) is 16.5. The van der Waals surface area contributed by atoms with Gasteiger partial charge < -0.3 is 14.8 Å². The molecule has 0 atom stereocenters. The summed E-state index contributed by atoms with van der Waals surface area (Å²) in [4.78, 5) is 21.7. The SMILES string of the molecule is COc1cc(OC)cc(-c2nc3nc(C)c(CCC(=O)NCCc4ccccc4)c(C)n3n2)c1. The van der Waals surface area contributed by atoms with Gasteiger partial charge in [0.2, 0.25) is 5.91 Å². The molecule has 0 saturated carbocycles. The zero-order valence-corrected chi connectivity index (χ0v) is 20.0. The van der Waals surface area contributed by atoms with E-state index in [1.54, 1.807) is 24.8 Å². The minimum Gasteiger partial charge on any atom is -0.497 e. The van der Waals surface area contributed by atoms with Crippen LogP contribution in [0.5, 0.6) is 11.5 Å². The summed E-state index contributed by atoms with van der Waals surface area (Å²) in [6.07, 6.45) is 1.78. The van der Waals surface area contributed by atoms with E-state index in [1.807, 2.05) is 44.2 Å². The van der Waals surface area contributed by atoms with Crippen LogP contribution in [0.2, 0.25) is 0 Å². The lowest BCUT2D eigenvalue weighted by atomic mass is 10.1. The Kier molecular flexibility index (Phi) is 7.06. The van der Waals surface area contributed by atoms with Crippen molar-refractivity contribution in [2.24, 2.45) is 0 Å². The van der Waals surface area contributed by atoms with Crippen LogP contribution in [0.25, 0.3) is 17.2 Å². The van der Waals surface area contributed by atoms with Crippen LogP contribution in [0.1, 0.15) is 28.9 Å². The van der Waals surface area contributed by atoms with Crippen LogP contribution in [-0.4, -0.2) is 46.3 Å². The molecule has 0 spiro atoms. The van der Waals surface area contributed by atoms with Crippen LogP contribution in [0, 0.1) is 13.8 Å². The van der Waals surface area contributed by atoms with Gasteiger partial charge in [-0.25, -0.2) is 9.50 Å². The predicted octanol–water partition coefficient (Wildman–Crippen LogP) is 3.72. The third-order valence-corrected chi connectivity index (χ3v) is 5.84. The number of amides is 1. The van der Waals surface area contributed by atoms with Crippen LogP contribution < -0.4 is 14.8 Å². The van der Waals surface area contributed by atoms with E-state index in [1.165, 1.54) is 5.56 Å². The van der Waals surface area contributed by atoms with Gasteiger partial charge in [-0.3, -0.25) is 4.79 Å². The summed E-state index contributed by atoms with van der Waals surface area (Å²) in [6, 6.07) is 15.7. The third-order valence-electron chi connectivity index (χ3n) is 5.84. The summed E-state index contributed by atoms with van der Waals surface area (Å²) in [5, 5.41) is 7.68. The van der Waals surface area contributed by atoms with E-state index in [0.717, 1.165) is 28.9 Å². The number of hydrogen-bond acceptors (Lipinski definition) is 6. The molecular weight excluding hydrogens is 430 g/mol. The number of carbonyl (C=O) groups is 1. The number of carbonyl (C=O) groups excluding carboxylic acids is 1. The summed E-state index contributed by atoms with van der Waals surface area (Å²) in [5.41, 5.74) is 4.76. The summed E-state index contributed by atoms with van der Waals surface area (Å²) >= 11 is 0. The van der Waals surface area contributed by atoms with Crippen LogP contribution in [-0.2, 0) is 17.6 Å². The average molecular weight is 460 g/mol. The van der Waals surface area contributed by atoms with Gasteiger partial charge in [0, 0.05) is 36.0 Å². The molecule has 0 bridgehead atoms. The molecule has 2 aromatic carbocycles. The van der Waals surface area contributed by atoms with Crippen molar-refractivity contribution in [3.05, 3.63) is 71.0 Å². The first-order valence-electron chi connectivity index (χ1n) is 11.3. The fraction of sp³-hybridized carbons (Fsp3) is 0.308. The molecule has 1 N–H and O–H groups in total. The number of fused-ring (bicyclic) bond motifs is 1. The van der Waals surface area contributed by atoms with Gasteiger partial charge in [-0.05, 0) is 49.9 Å². The van der Waals surface area contributed by atoms with Crippen molar-refractivity contribution >= 4 is 11.7 Å². The molecule has 0 aliphatic heterocycles. The van der Waals surface area contributed by atoms with E-state index >= 15 is 0 Å². The van der Waals surface area contributed by atoms with Crippen molar-refractivity contribution in [3.8, 4) is 22.9 Å². The second-order valence-electron chi connectivity index (χ2n) is 8.10. The highest BCUT2D eigenvalue weighted by molar-refractivity contribution is 5.76. The van der Waals surface area contributed by atoms with Crippen molar-refractivity contribution < 1.29 is 14.3 Å². The maximum absolute atomic E-state index is 12.4. The Hall–Kier alpha value is -3.94.